The largest absolute Gasteiger partial charge is 0.481 e. The van der Waals surface area contributed by atoms with Gasteiger partial charge in [0.1, 0.15) is 5.78 Å². The van der Waals surface area contributed by atoms with Gasteiger partial charge in [-0.15, -0.1) is 0 Å². The van der Waals surface area contributed by atoms with E-state index in [1.54, 1.807) is 0 Å². The third-order valence-electron chi connectivity index (χ3n) is 2.29. The Morgan fingerprint density at radius 3 is 2.73 bits per heavy atom. The smallest absolute Gasteiger partial charge is 0.306 e. The minimum Gasteiger partial charge on any atom is -0.481 e. The fourth-order valence-electron chi connectivity index (χ4n) is 1.57. The van der Waals surface area contributed by atoms with E-state index in [2.05, 4.69) is 0 Å². The summed E-state index contributed by atoms with van der Waals surface area (Å²) in [6.45, 7) is 1.83. The van der Waals surface area contributed by atoms with Crippen LogP contribution < -0.4 is 0 Å². The third-order valence-corrected chi connectivity index (χ3v) is 2.29. The molecule has 2 atom stereocenters. The molecule has 0 aliphatic heterocycles. The topological polar surface area (TPSA) is 54.4 Å². The molecule has 0 aromatic carbocycles. The minimum atomic E-state index is -0.759. The van der Waals surface area contributed by atoms with Crippen molar-refractivity contribution >= 4 is 11.8 Å². The van der Waals surface area contributed by atoms with E-state index in [-0.39, 0.29) is 17.6 Å². The van der Waals surface area contributed by atoms with Gasteiger partial charge in [-0.2, -0.15) is 0 Å². The highest BCUT2D eigenvalue weighted by Crippen LogP contribution is 2.27. The van der Waals surface area contributed by atoms with Crippen molar-refractivity contribution in [3.63, 3.8) is 0 Å². The van der Waals surface area contributed by atoms with E-state index in [1.807, 2.05) is 6.92 Å². The molecule has 1 fully saturated rings. The lowest BCUT2D eigenvalue weighted by Gasteiger charge is -2.23. The summed E-state index contributed by atoms with van der Waals surface area (Å²) >= 11 is 0. The molecule has 0 aromatic rings. The molecule has 0 bridgehead atoms. The normalized spacial score (nSPS) is 31.9. The van der Waals surface area contributed by atoms with Crippen LogP contribution in [0.3, 0.4) is 0 Å². The number of carbonyl (C=O) groups excluding carboxylic acids is 1. The maximum absolute atomic E-state index is 10.8. The Hall–Kier alpha value is -0.860. The highest BCUT2D eigenvalue weighted by molar-refractivity contribution is 5.82. The van der Waals surface area contributed by atoms with Crippen molar-refractivity contribution in [3.05, 3.63) is 0 Å². The molecule has 62 valence electrons. The third kappa shape index (κ3) is 1.79. The summed E-state index contributed by atoms with van der Waals surface area (Å²) in [5.41, 5.74) is 0. The lowest BCUT2D eigenvalue weighted by Crippen LogP contribution is -2.28. The molecule has 2 unspecified atom stereocenters. The van der Waals surface area contributed by atoms with Crippen LogP contribution in [0.1, 0.15) is 26.2 Å². The molecule has 11 heavy (non-hydrogen) atoms. The molecule has 0 amide bonds. The minimum absolute atomic E-state index is 0.0220. The Balaban J connectivity index is 2.57. The van der Waals surface area contributed by atoms with Gasteiger partial charge in [-0.05, 0) is 12.3 Å². The van der Waals surface area contributed by atoms with E-state index in [9.17, 15) is 9.59 Å². The van der Waals surface area contributed by atoms with Crippen LogP contribution in [-0.4, -0.2) is 16.9 Å². The first-order valence-electron chi connectivity index (χ1n) is 3.85. The molecule has 0 radical (unpaired) electrons. The quantitative estimate of drug-likeness (QED) is 0.618. The van der Waals surface area contributed by atoms with Gasteiger partial charge in [0.15, 0.2) is 0 Å². The van der Waals surface area contributed by atoms with Gasteiger partial charge >= 0.3 is 5.97 Å². The van der Waals surface area contributed by atoms with E-state index >= 15 is 0 Å². The molecule has 1 N–H and O–H groups in total. The number of ketones is 1. The van der Waals surface area contributed by atoms with E-state index in [0.717, 1.165) is 0 Å². The van der Waals surface area contributed by atoms with Crippen LogP contribution >= 0.6 is 0 Å². The Morgan fingerprint density at radius 1 is 1.64 bits per heavy atom. The van der Waals surface area contributed by atoms with E-state index < -0.39 is 5.97 Å². The number of carboxylic acids is 1. The average molecular weight is 156 g/mol. The first-order valence-corrected chi connectivity index (χ1v) is 3.85. The number of carbonyl (C=O) groups is 2. The Labute approximate surface area is 65.4 Å². The van der Waals surface area contributed by atoms with Crippen molar-refractivity contribution < 1.29 is 14.7 Å². The maximum atomic E-state index is 10.8. The van der Waals surface area contributed by atoms with Gasteiger partial charge in [-0.1, -0.05) is 6.92 Å². The van der Waals surface area contributed by atoms with Gasteiger partial charge in [0.05, 0.1) is 5.92 Å². The summed E-state index contributed by atoms with van der Waals surface area (Å²) in [4.78, 5) is 21.4. The van der Waals surface area contributed by atoms with Crippen LogP contribution in [0, 0.1) is 11.8 Å². The number of hydrogen-bond donors (Lipinski definition) is 1. The molecule has 1 aliphatic rings. The monoisotopic (exact) mass is 156 g/mol. The molecule has 0 saturated heterocycles. The lowest BCUT2D eigenvalue weighted by atomic mass is 9.80. The fraction of sp³-hybridized carbons (Fsp3) is 0.750. The highest BCUT2D eigenvalue weighted by Gasteiger charge is 2.30. The van der Waals surface area contributed by atoms with E-state index in [0.29, 0.717) is 19.3 Å². The standard InChI is InChI=1S/C8H12O3/c1-5-4-6(9)2-3-7(5)8(10)11/h5,7H,2-4H2,1H3,(H,10,11). The number of carboxylic acid groups (broad SMARTS) is 1. The summed E-state index contributed by atoms with van der Waals surface area (Å²) in [6.07, 6.45) is 1.41. The van der Waals surface area contributed by atoms with Gasteiger partial charge in [-0.25, -0.2) is 0 Å². The van der Waals surface area contributed by atoms with Gasteiger partial charge in [-0.3, -0.25) is 9.59 Å². The number of rotatable bonds is 1. The van der Waals surface area contributed by atoms with E-state index in [4.69, 9.17) is 5.11 Å². The summed E-state index contributed by atoms with van der Waals surface area (Å²) in [5.74, 6) is -0.832. The van der Waals surface area contributed by atoms with Crippen LogP contribution in [0.2, 0.25) is 0 Å². The highest BCUT2D eigenvalue weighted by atomic mass is 16.4. The lowest BCUT2D eigenvalue weighted by molar-refractivity contribution is -0.145. The second kappa shape index (κ2) is 3.03. The first-order chi connectivity index (χ1) is 5.11. The van der Waals surface area contributed by atoms with Crippen molar-refractivity contribution in [1.29, 1.82) is 0 Å². The van der Waals surface area contributed by atoms with Crippen molar-refractivity contribution in [2.24, 2.45) is 11.8 Å². The second-order valence-electron chi connectivity index (χ2n) is 3.20. The van der Waals surface area contributed by atoms with Crippen LogP contribution in [0.5, 0.6) is 0 Å². The zero-order chi connectivity index (χ0) is 8.43. The molecule has 0 spiro atoms. The average Bonchev–Trinajstić information content (AvgIpc) is 1.85. The summed E-state index contributed by atoms with van der Waals surface area (Å²) in [6, 6.07) is 0. The van der Waals surface area contributed by atoms with Crippen molar-refractivity contribution in [3.8, 4) is 0 Å². The molecule has 1 saturated carbocycles. The van der Waals surface area contributed by atoms with Gasteiger partial charge in [0, 0.05) is 12.8 Å². The zero-order valence-corrected chi connectivity index (χ0v) is 6.54. The second-order valence-corrected chi connectivity index (χ2v) is 3.20. The zero-order valence-electron chi connectivity index (χ0n) is 6.54. The number of Topliss-reactive ketones (excluding diaryl/α,β-unsaturated/α-hetero) is 1. The maximum Gasteiger partial charge on any atom is 0.306 e. The van der Waals surface area contributed by atoms with Crippen LogP contribution in [0.4, 0.5) is 0 Å². The van der Waals surface area contributed by atoms with E-state index in [1.165, 1.54) is 0 Å². The molecule has 3 nitrogen and oxygen atoms in total. The molecule has 1 aliphatic carbocycles. The molecule has 0 heterocycles. The Morgan fingerprint density at radius 2 is 2.27 bits per heavy atom. The van der Waals surface area contributed by atoms with Crippen LogP contribution in [-0.2, 0) is 9.59 Å². The molecular formula is C8H12O3. The van der Waals surface area contributed by atoms with Crippen molar-refractivity contribution in [1.82, 2.24) is 0 Å². The van der Waals surface area contributed by atoms with Gasteiger partial charge in [0.25, 0.3) is 0 Å². The predicted octanol–water partition coefficient (Wildman–Crippen LogP) is 1.08. The van der Waals surface area contributed by atoms with Crippen molar-refractivity contribution in [2.75, 3.05) is 0 Å². The summed E-state index contributed by atoms with van der Waals surface area (Å²) in [7, 11) is 0. The molecule has 1 rings (SSSR count). The van der Waals surface area contributed by atoms with Crippen LogP contribution in [0.15, 0.2) is 0 Å². The molecular weight excluding hydrogens is 144 g/mol. The SMILES string of the molecule is CC1CC(=O)CCC1C(=O)O. The number of aliphatic carboxylic acids is 1. The molecule has 3 heteroatoms. The summed E-state index contributed by atoms with van der Waals surface area (Å²) in [5, 5.41) is 8.68. The predicted molar refractivity (Wildman–Crippen MR) is 39.1 cm³/mol. The first kappa shape index (κ1) is 8.24. The number of hydrogen-bond acceptors (Lipinski definition) is 2. The van der Waals surface area contributed by atoms with Gasteiger partial charge in [0.2, 0.25) is 0 Å². The summed E-state index contributed by atoms with van der Waals surface area (Å²) < 4.78 is 0. The van der Waals surface area contributed by atoms with Gasteiger partial charge < -0.3 is 5.11 Å². The Bertz CT molecular complexity index is 186. The van der Waals surface area contributed by atoms with Crippen molar-refractivity contribution in [2.45, 2.75) is 26.2 Å². The fourth-order valence-corrected chi connectivity index (χ4v) is 1.57. The van der Waals surface area contributed by atoms with Crippen LogP contribution in [0.25, 0.3) is 0 Å². The Kier molecular flexibility index (Phi) is 2.27. The molecule has 0 aromatic heterocycles.